The van der Waals surface area contributed by atoms with Crippen LogP contribution < -0.4 is 10.2 Å². The molecule has 3 aromatic rings. The molecule has 5 rings (SSSR count). The third kappa shape index (κ3) is 5.37. The van der Waals surface area contributed by atoms with Crippen LogP contribution in [0.3, 0.4) is 0 Å². The van der Waals surface area contributed by atoms with E-state index >= 15 is 0 Å². The first-order valence-electron chi connectivity index (χ1n) is 12.9. The van der Waals surface area contributed by atoms with Crippen LogP contribution in [0, 0.1) is 0 Å². The topological polar surface area (TPSA) is 249 Å². The molecule has 0 spiro atoms. The van der Waals surface area contributed by atoms with E-state index in [1.807, 2.05) is 0 Å². The number of phenols is 2. The van der Waals surface area contributed by atoms with Crippen LogP contribution in [0.1, 0.15) is 6.92 Å². The second kappa shape index (κ2) is 11.6. The smallest absolute Gasteiger partial charge is 0.238 e. The number of benzene rings is 2. The molecular formula is C27H30O15. The first kappa shape index (κ1) is 30.0. The number of hydrogen-bond donors (Lipinski definition) is 9. The summed E-state index contributed by atoms with van der Waals surface area (Å²) in [7, 11) is 0. The minimum atomic E-state index is -1.81. The second-order valence-corrected chi connectivity index (χ2v) is 10.1. The van der Waals surface area contributed by atoms with Gasteiger partial charge in [-0.25, -0.2) is 0 Å². The van der Waals surface area contributed by atoms with Gasteiger partial charge in [-0.05, 0) is 31.2 Å². The average Bonchev–Trinajstić information content (AvgIpc) is 2.96. The highest BCUT2D eigenvalue weighted by molar-refractivity contribution is 5.88. The molecule has 0 aliphatic carbocycles. The van der Waals surface area contributed by atoms with Crippen molar-refractivity contribution in [3.05, 3.63) is 46.6 Å². The Kier molecular flexibility index (Phi) is 8.30. The number of hydrogen-bond acceptors (Lipinski definition) is 15. The number of aromatic hydroxyl groups is 3. The number of ether oxygens (including phenoxy) is 4. The number of fused-ring (bicyclic) bond motifs is 1. The average molecular weight is 595 g/mol. The summed E-state index contributed by atoms with van der Waals surface area (Å²) in [4.78, 5) is 12.8. The molecule has 15 nitrogen and oxygen atoms in total. The van der Waals surface area contributed by atoms with Crippen molar-refractivity contribution in [3.63, 3.8) is 0 Å². The number of phenolic OH excluding ortho intramolecular Hbond substituents is 2. The Bertz CT molecular complexity index is 1470. The normalized spacial score (nSPS) is 33.5. The third-order valence-electron chi connectivity index (χ3n) is 7.23. The Labute approximate surface area is 236 Å². The molecule has 0 radical (unpaired) electrons. The molecule has 2 aliphatic rings. The molecule has 2 fully saturated rings. The zero-order valence-electron chi connectivity index (χ0n) is 21.9. The molecule has 0 amide bonds. The summed E-state index contributed by atoms with van der Waals surface area (Å²) in [5.74, 6) is -1.88. The highest BCUT2D eigenvalue weighted by atomic mass is 16.7. The minimum absolute atomic E-state index is 0.0612. The van der Waals surface area contributed by atoms with Crippen molar-refractivity contribution in [1.29, 1.82) is 0 Å². The van der Waals surface area contributed by atoms with Crippen molar-refractivity contribution in [1.82, 2.24) is 0 Å². The standard InChI is InChI=1S/C27H30O15/c1-9-17(31)25(42-26-22(36)20(34)18(32)15(8-28)41-26)23(37)27(38-9)39-12-6-13(30)16-14(7-12)40-24(21(35)19(16)33)10-2-4-11(29)5-3-10/h2-7,9,15,17-18,20,22-23,25-32,34-37H,8H2,1H3/t9-,15-,17+,18-,20+,22-,23-,25+,26+,27+/m1/s1. The fraction of sp³-hybridized carbons (Fsp3) is 0.444. The fourth-order valence-corrected chi connectivity index (χ4v) is 4.87. The molecule has 10 atom stereocenters. The van der Waals surface area contributed by atoms with Gasteiger partial charge in [-0.3, -0.25) is 4.79 Å². The summed E-state index contributed by atoms with van der Waals surface area (Å²) in [6, 6.07) is 7.63. The maximum absolute atomic E-state index is 12.8. The van der Waals surface area contributed by atoms with Crippen LogP contribution in [-0.4, -0.2) is 114 Å². The van der Waals surface area contributed by atoms with E-state index in [-0.39, 0.29) is 33.8 Å². The van der Waals surface area contributed by atoms with Gasteiger partial charge in [0.1, 0.15) is 70.9 Å². The molecule has 2 aliphatic heterocycles. The number of aliphatic hydroxyl groups excluding tert-OH is 6. The summed E-state index contributed by atoms with van der Waals surface area (Å²) in [6.07, 6.45) is -15.6. The Morgan fingerprint density at radius 3 is 2.19 bits per heavy atom. The van der Waals surface area contributed by atoms with Crippen molar-refractivity contribution >= 4 is 11.0 Å². The molecule has 1 aromatic heterocycles. The van der Waals surface area contributed by atoms with E-state index in [0.717, 1.165) is 6.07 Å². The summed E-state index contributed by atoms with van der Waals surface area (Å²) < 4.78 is 27.9. The van der Waals surface area contributed by atoms with Gasteiger partial charge in [0.2, 0.25) is 17.5 Å². The Morgan fingerprint density at radius 1 is 0.833 bits per heavy atom. The van der Waals surface area contributed by atoms with E-state index < -0.39 is 84.9 Å². The predicted molar refractivity (Wildman–Crippen MR) is 139 cm³/mol. The molecular weight excluding hydrogens is 564 g/mol. The largest absolute Gasteiger partial charge is 0.508 e. The lowest BCUT2D eigenvalue weighted by atomic mass is 9.97. The van der Waals surface area contributed by atoms with E-state index in [0.29, 0.717) is 0 Å². The molecule has 0 saturated carbocycles. The van der Waals surface area contributed by atoms with E-state index in [9.17, 15) is 50.8 Å². The van der Waals surface area contributed by atoms with Crippen LogP contribution in [0.5, 0.6) is 23.0 Å². The van der Waals surface area contributed by atoms with Gasteiger partial charge in [0.25, 0.3) is 0 Å². The van der Waals surface area contributed by atoms with Gasteiger partial charge in [-0.15, -0.1) is 0 Å². The van der Waals surface area contributed by atoms with Gasteiger partial charge in [0.05, 0.1) is 12.7 Å². The Morgan fingerprint density at radius 2 is 1.52 bits per heavy atom. The molecule has 0 unspecified atom stereocenters. The van der Waals surface area contributed by atoms with Crippen LogP contribution in [0.4, 0.5) is 0 Å². The maximum atomic E-state index is 12.8. The maximum Gasteiger partial charge on any atom is 0.238 e. The lowest BCUT2D eigenvalue weighted by molar-refractivity contribution is -0.350. The Hall–Kier alpha value is -3.51. The van der Waals surface area contributed by atoms with E-state index in [4.69, 9.17) is 23.4 Å². The number of aliphatic hydroxyl groups is 6. The highest BCUT2D eigenvalue weighted by Gasteiger charge is 2.50. The van der Waals surface area contributed by atoms with Crippen molar-refractivity contribution < 1.29 is 69.3 Å². The van der Waals surface area contributed by atoms with Gasteiger partial charge in [-0.2, -0.15) is 0 Å². The summed E-state index contributed by atoms with van der Waals surface area (Å²) in [5.41, 5.74) is -0.900. The van der Waals surface area contributed by atoms with Gasteiger partial charge in [0.15, 0.2) is 12.1 Å². The fourth-order valence-electron chi connectivity index (χ4n) is 4.87. The second-order valence-electron chi connectivity index (χ2n) is 10.1. The third-order valence-corrected chi connectivity index (χ3v) is 7.23. The molecule has 228 valence electrons. The molecule has 3 heterocycles. The zero-order chi connectivity index (χ0) is 30.5. The first-order valence-corrected chi connectivity index (χ1v) is 12.9. The Balaban J connectivity index is 1.42. The molecule has 42 heavy (non-hydrogen) atoms. The van der Waals surface area contributed by atoms with E-state index in [1.165, 1.54) is 37.3 Å². The van der Waals surface area contributed by atoms with Gasteiger partial charge in [-0.1, -0.05) is 0 Å². The molecule has 15 heteroatoms. The minimum Gasteiger partial charge on any atom is -0.508 e. The van der Waals surface area contributed by atoms with Crippen LogP contribution in [0.25, 0.3) is 22.3 Å². The van der Waals surface area contributed by atoms with E-state index in [1.54, 1.807) is 0 Å². The summed E-state index contributed by atoms with van der Waals surface area (Å²) in [5, 5.41) is 91.6. The zero-order valence-corrected chi connectivity index (χ0v) is 21.9. The first-order chi connectivity index (χ1) is 19.9. The quantitative estimate of drug-likeness (QED) is 0.159. The van der Waals surface area contributed by atoms with Crippen LogP contribution in [0.2, 0.25) is 0 Å². The van der Waals surface area contributed by atoms with Gasteiger partial charge < -0.3 is 69.3 Å². The van der Waals surface area contributed by atoms with Crippen molar-refractivity contribution in [2.24, 2.45) is 0 Å². The summed E-state index contributed by atoms with van der Waals surface area (Å²) >= 11 is 0. The van der Waals surface area contributed by atoms with Crippen molar-refractivity contribution in [2.45, 2.75) is 68.3 Å². The van der Waals surface area contributed by atoms with Crippen LogP contribution >= 0.6 is 0 Å². The van der Waals surface area contributed by atoms with Crippen molar-refractivity contribution in [2.75, 3.05) is 6.61 Å². The van der Waals surface area contributed by atoms with E-state index in [2.05, 4.69) is 0 Å². The lowest BCUT2D eigenvalue weighted by Crippen LogP contribution is -2.64. The van der Waals surface area contributed by atoms with Gasteiger partial charge >= 0.3 is 0 Å². The molecule has 2 aromatic carbocycles. The molecule has 0 bridgehead atoms. The number of rotatable bonds is 6. The van der Waals surface area contributed by atoms with Crippen LogP contribution in [0.15, 0.2) is 45.6 Å². The predicted octanol–water partition coefficient (Wildman–Crippen LogP) is -1.39. The molecule has 2 saturated heterocycles. The SMILES string of the molecule is C[C@H]1O[C@@H](Oc2cc(O)c3c(=O)c(O)c(-c4ccc(O)cc4)oc3c2)[C@H](O)[C@@H](O[C@@H]2O[C@H](CO)[C@@H](O)[C@H](O)[C@H]2O)[C@H]1O. The lowest BCUT2D eigenvalue weighted by Gasteiger charge is -2.45. The van der Waals surface area contributed by atoms with Gasteiger partial charge in [0, 0.05) is 17.7 Å². The molecule has 9 N–H and O–H groups in total. The van der Waals surface area contributed by atoms with Crippen LogP contribution in [-0.2, 0) is 14.2 Å². The highest BCUT2D eigenvalue weighted by Crippen LogP contribution is 2.37. The van der Waals surface area contributed by atoms with Crippen molar-refractivity contribution in [3.8, 4) is 34.3 Å². The summed E-state index contributed by atoms with van der Waals surface area (Å²) in [6.45, 7) is 0.708. The monoisotopic (exact) mass is 594 g/mol.